The summed E-state index contributed by atoms with van der Waals surface area (Å²) in [5, 5.41) is 17.5. The van der Waals surface area contributed by atoms with Gasteiger partial charge in [0.25, 0.3) is 0 Å². The molecule has 0 spiro atoms. The van der Waals surface area contributed by atoms with Crippen LogP contribution in [0.1, 0.15) is 32.1 Å². The predicted octanol–water partition coefficient (Wildman–Crippen LogP) is 1.14. The van der Waals surface area contributed by atoms with E-state index >= 15 is 0 Å². The third-order valence-corrected chi connectivity index (χ3v) is 2.74. The summed E-state index contributed by atoms with van der Waals surface area (Å²) in [6.07, 6.45) is 5.67. The standard InChI is InChI=1S/C10H18N2O/c11-6-8-12-7-3-1-2-4-10(12)5-9-13/h10,13H,1-5,7-9H2. The molecule has 1 unspecified atom stereocenters. The van der Waals surface area contributed by atoms with Crippen LogP contribution in [0.3, 0.4) is 0 Å². The van der Waals surface area contributed by atoms with Gasteiger partial charge in [0.05, 0.1) is 12.6 Å². The molecule has 0 aromatic carbocycles. The average molecular weight is 182 g/mol. The molecule has 74 valence electrons. The van der Waals surface area contributed by atoms with Crippen LogP contribution < -0.4 is 0 Å². The first-order valence-corrected chi connectivity index (χ1v) is 5.10. The summed E-state index contributed by atoms with van der Waals surface area (Å²) < 4.78 is 0. The zero-order valence-corrected chi connectivity index (χ0v) is 8.08. The molecule has 3 nitrogen and oxygen atoms in total. The Morgan fingerprint density at radius 1 is 1.38 bits per heavy atom. The third kappa shape index (κ3) is 3.33. The summed E-state index contributed by atoms with van der Waals surface area (Å²) >= 11 is 0. The lowest BCUT2D eigenvalue weighted by molar-refractivity contribution is 0.173. The molecule has 0 aromatic heterocycles. The number of likely N-dealkylation sites (tertiary alicyclic amines) is 1. The largest absolute Gasteiger partial charge is 0.396 e. The molecule has 0 radical (unpaired) electrons. The fourth-order valence-corrected chi connectivity index (χ4v) is 2.01. The van der Waals surface area contributed by atoms with Crippen molar-refractivity contribution in [3.8, 4) is 6.07 Å². The molecular weight excluding hydrogens is 164 g/mol. The van der Waals surface area contributed by atoms with Crippen LogP contribution in [0.5, 0.6) is 0 Å². The van der Waals surface area contributed by atoms with E-state index in [1.807, 2.05) is 0 Å². The van der Waals surface area contributed by atoms with Crippen molar-refractivity contribution in [2.24, 2.45) is 0 Å². The van der Waals surface area contributed by atoms with Crippen LogP contribution in [-0.2, 0) is 0 Å². The summed E-state index contributed by atoms with van der Waals surface area (Å²) in [5.74, 6) is 0. The molecule has 1 N–H and O–H groups in total. The van der Waals surface area contributed by atoms with Crippen molar-refractivity contribution >= 4 is 0 Å². The molecule has 1 heterocycles. The van der Waals surface area contributed by atoms with Gasteiger partial charge in [-0.15, -0.1) is 0 Å². The minimum absolute atomic E-state index is 0.243. The Kier molecular flexibility index (Phi) is 4.81. The molecule has 0 saturated carbocycles. The number of nitrogens with zero attached hydrogens (tertiary/aromatic N) is 2. The Labute approximate surface area is 80.0 Å². The summed E-state index contributed by atoms with van der Waals surface area (Å²) in [6.45, 7) is 1.79. The minimum Gasteiger partial charge on any atom is -0.396 e. The van der Waals surface area contributed by atoms with Crippen molar-refractivity contribution in [3.63, 3.8) is 0 Å². The highest BCUT2D eigenvalue weighted by Gasteiger charge is 2.19. The van der Waals surface area contributed by atoms with Gasteiger partial charge in [-0.2, -0.15) is 5.26 Å². The molecule has 0 bridgehead atoms. The van der Waals surface area contributed by atoms with E-state index in [1.54, 1.807) is 0 Å². The van der Waals surface area contributed by atoms with Gasteiger partial charge in [0.2, 0.25) is 0 Å². The monoisotopic (exact) mass is 182 g/mol. The van der Waals surface area contributed by atoms with Gasteiger partial charge in [0, 0.05) is 12.6 Å². The maximum Gasteiger partial charge on any atom is 0.0868 e. The summed E-state index contributed by atoms with van der Waals surface area (Å²) in [6, 6.07) is 2.64. The van der Waals surface area contributed by atoms with E-state index in [0.29, 0.717) is 12.6 Å². The molecule has 3 heteroatoms. The van der Waals surface area contributed by atoms with Crippen LogP contribution in [0.15, 0.2) is 0 Å². The summed E-state index contributed by atoms with van der Waals surface area (Å²) in [7, 11) is 0. The molecule has 1 fully saturated rings. The van der Waals surface area contributed by atoms with Crippen molar-refractivity contribution in [1.29, 1.82) is 5.26 Å². The average Bonchev–Trinajstić information content (AvgIpc) is 2.33. The SMILES string of the molecule is N#CCN1CCCCCC1CCO. The topological polar surface area (TPSA) is 47.3 Å². The fraction of sp³-hybridized carbons (Fsp3) is 0.900. The van der Waals surface area contributed by atoms with Crippen LogP contribution in [0, 0.1) is 11.3 Å². The molecule has 1 aliphatic heterocycles. The first kappa shape index (κ1) is 10.5. The second kappa shape index (κ2) is 5.95. The second-order valence-corrected chi connectivity index (χ2v) is 3.64. The number of aliphatic hydroxyl groups is 1. The number of hydrogen-bond acceptors (Lipinski definition) is 3. The third-order valence-electron chi connectivity index (χ3n) is 2.74. The van der Waals surface area contributed by atoms with E-state index in [4.69, 9.17) is 10.4 Å². The molecule has 1 aliphatic rings. The van der Waals surface area contributed by atoms with Gasteiger partial charge in [-0.1, -0.05) is 12.8 Å². The maximum atomic E-state index is 8.89. The second-order valence-electron chi connectivity index (χ2n) is 3.64. The van der Waals surface area contributed by atoms with Crippen molar-refractivity contribution < 1.29 is 5.11 Å². The number of aliphatic hydroxyl groups excluding tert-OH is 1. The fourth-order valence-electron chi connectivity index (χ4n) is 2.01. The van der Waals surface area contributed by atoms with Crippen LogP contribution >= 0.6 is 0 Å². The smallest absolute Gasteiger partial charge is 0.0868 e. The Hall–Kier alpha value is -0.590. The first-order valence-electron chi connectivity index (χ1n) is 5.10. The highest BCUT2D eigenvalue weighted by molar-refractivity contribution is 4.83. The Morgan fingerprint density at radius 3 is 2.92 bits per heavy atom. The van der Waals surface area contributed by atoms with Crippen LogP contribution in [0.2, 0.25) is 0 Å². The van der Waals surface area contributed by atoms with E-state index in [1.165, 1.54) is 19.3 Å². The molecule has 0 aliphatic carbocycles. The van der Waals surface area contributed by atoms with Crippen molar-refractivity contribution in [2.45, 2.75) is 38.1 Å². The Bertz CT molecular complexity index is 176. The highest BCUT2D eigenvalue weighted by atomic mass is 16.3. The summed E-state index contributed by atoms with van der Waals surface area (Å²) in [4.78, 5) is 2.21. The predicted molar refractivity (Wildman–Crippen MR) is 51.1 cm³/mol. The zero-order chi connectivity index (χ0) is 9.52. The van der Waals surface area contributed by atoms with Gasteiger partial charge in [-0.05, 0) is 25.8 Å². The molecule has 1 rings (SSSR count). The number of rotatable bonds is 3. The molecular formula is C10H18N2O. The lowest BCUT2D eigenvalue weighted by atomic mass is 10.1. The van der Waals surface area contributed by atoms with E-state index in [9.17, 15) is 0 Å². The highest BCUT2D eigenvalue weighted by Crippen LogP contribution is 2.18. The lowest BCUT2D eigenvalue weighted by Gasteiger charge is -2.26. The van der Waals surface area contributed by atoms with E-state index in [2.05, 4.69) is 11.0 Å². The maximum absolute atomic E-state index is 8.89. The molecule has 0 amide bonds. The number of nitriles is 1. The first-order chi connectivity index (χ1) is 6.38. The summed E-state index contributed by atoms with van der Waals surface area (Å²) in [5.41, 5.74) is 0. The number of hydrogen-bond donors (Lipinski definition) is 1. The molecule has 1 atom stereocenters. The Balaban J connectivity index is 2.46. The van der Waals surface area contributed by atoms with Gasteiger partial charge in [0.1, 0.15) is 0 Å². The molecule has 13 heavy (non-hydrogen) atoms. The van der Waals surface area contributed by atoms with Gasteiger partial charge < -0.3 is 5.11 Å². The lowest BCUT2D eigenvalue weighted by Crippen LogP contribution is -2.35. The van der Waals surface area contributed by atoms with Crippen molar-refractivity contribution in [2.75, 3.05) is 19.7 Å². The van der Waals surface area contributed by atoms with E-state index < -0.39 is 0 Å². The van der Waals surface area contributed by atoms with Crippen LogP contribution in [0.25, 0.3) is 0 Å². The van der Waals surface area contributed by atoms with E-state index in [-0.39, 0.29) is 6.61 Å². The van der Waals surface area contributed by atoms with Crippen LogP contribution in [-0.4, -0.2) is 35.7 Å². The Morgan fingerprint density at radius 2 is 2.23 bits per heavy atom. The normalized spacial score (nSPS) is 25.1. The van der Waals surface area contributed by atoms with Crippen LogP contribution in [0.4, 0.5) is 0 Å². The van der Waals surface area contributed by atoms with E-state index in [0.717, 1.165) is 19.4 Å². The van der Waals surface area contributed by atoms with Gasteiger partial charge in [0.15, 0.2) is 0 Å². The van der Waals surface area contributed by atoms with Crippen molar-refractivity contribution in [3.05, 3.63) is 0 Å². The van der Waals surface area contributed by atoms with Gasteiger partial charge in [-0.25, -0.2) is 0 Å². The minimum atomic E-state index is 0.243. The van der Waals surface area contributed by atoms with Crippen molar-refractivity contribution in [1.82, 2.24) is 4.90 Å². The van der Waals surface area contributed by atoms with Gasteiger partial charge in [-0.3, -0.25) is 4.90 Å². The molecule has 1 saturated heterocycles. The molecule has 0 aromatic rings. The van der Waals surface area contributed by atoms with Gasteiger partial charge >= 0.3 is 0 Å². The zero-order valence-electron chi connectivity index (χ0n) is 8.08. The quantitative estimate of drug-likeness (QED) is 0.666.